The molecule has 126 valence electrons. The molecule has 25 heavy (non-hydrogen) atoms. The Morgan fingerprint density at radius 3 is 2.96 bits per heavy atom. The highest BCUT2D eigenvalue weighted by molar-refractivity contribution is 7.19. The molecule has 0 saturated carbocycles. The summed E-state index contributed by atoms with van der Waals surface area (Å²) in [6.07, 6.45) is 3.33. The van der Waals surface area contributed by atoms with E-state index in [4.69, 9.17) is 20.9 Å². The number of hydrogen-bond acceptors (Lipinski definition) is 7. The molecular formula is C16H10ClN3O3S2. The van der Waals surface area contributed by atoms with Crippen LogP contribution < -0.4 is 0 Å². The standard InChI is InChI=1S/C16H10ClN3O3S2/c17-13-4-3-11(25-13)9-6-18-7-10(9)16(21)22-8-14-19-15(23-20-14)12-2-1-5-24-12/h1-7,18H,8H2. The lowest BCUT2D eigenvalue weighted by atomic mass is 10.2. The second-order valence-electron chi connectivity index (χ2n) is 4.96. The van der Waals surface area contributed by atoms with Gasteiger partial charge in [-0.2, -0.15) is 4.98 Å². The minimum absolute atomic E-state index is 0.0659. The number of aromatic amines is 1. The molecule has 4 heterocycles. The van der Waals surface area contributed by atoms with Crippen LogP contribution in [0, 0.1) is 0 Å². The van der Waals surface area contributed by atoms with E-state index < -0.39 is 5.97 Å². The molecule has 0 spiro atoms. The first kappa shape index (κ1) is 16.1. The maximum Gasteiger partial charge on any atom is 0.340 e. The zero-order valence-corrected chi connectivity index (χ0v) is 15.0. The van der Waals surface area contributed by atoms with Crippen LogP contribution in [0.25, 0.3) is 21.2 Å². The fourth-order valence-corrected chi connectivity index (χ4v) is 3.93. The average Bonchev–Trinajstić information content (AvgIpc) is 3.38. The van der Waals surface area contributed by atoms with Crippen LogP contribution in [0.1, 0.15) is 16.2 Å². The van der Waals surface area contributed by atoms with Gasteiger partial charge in [0.05, 0.1) is 14.8 Å². The molecule has 0 saturated heterocycles. The monoisotopic (exact) mass is 391 g/mol. The lowest BCUT2D eigenvalue weighted by molar-refractivity contribution is 0.0461. The fraction of sp³-hybridized carbons (Fsp3) is 0.0625. The van der Waals surface area contributed by atoms with Gasteiger partial charge in [-0.1, -0.05) is 22.8 Å². The third kappa shape index (κ3) is 3.37. The number of H-pyrrole nitrogens is 1. The Labute approximate surface area is 155 Å². The molecule has 0 radical (unpaired) electrons. The van der Waals surface area contributed by atoms with Gasteiger partial charge in [0, 0.05) is 22.8 Å². The van der Waals surface area contributed by atoms with E-state index in [1.165, 1.54) is 22.7 Å². The summed E-state index contributed by atoms with van der Waals surface area (Å²) in [6, 6.07) is 7.43. The minimum atomic E-state index is -0.469. The molecule has 0 bridgehead atoms. The second kappa shape index (κ2) is 6.83. The van der Waals surface area contributed by atoms with Crippen molar-refractivity contribution in [3.8, 4) is 21.2 Å². The molecule has 4 aromatic rings. The second-order valence-corrected chi connectivity index (χ2v) is 7.62. The molecule has 0 fully saturated rings. The number of thiophene rings is 2. The van der Waals surface area contributed by atoms with E-state index in [-0.39, 0.29) is 6.61 Å². The SMILES string of the molecule is O=C(OCc1noc(-c2cccs2)n1)c1c[nH]cc1-c1ccc(Cl)s1. The lowest BCUT2D eigenvalue weighted by Gasteiger charge is -2.02. The van der Waals surface area contributed by atoms with Crippen molar-refractivity contribution < 1.29 is 14.1 Å². The molecule has 6 nitrogen and oxygen atoms in total. The summed E-state index contributed by atoms with van der Waals surface area (Å²) in [7, 11) is 0. The number of esters is 1. The van der Waals surface area contributed by atoms with Crippen molar-refractivity contribution in [3.05, 3.63) is 57.8 Å². The predicted molar refractivity (Wildman–Crippen MR) is 95.8 cm³/mol. The first-order valence-electron chi connectivity index (χ1n) is 7.17. The van der Waals surface area contributed by atoms with Crippen LogP contribution in [0.3, 0.4) is 0 Å². The van der Waals surface area contributed by atoms with Gasteiger partial charge in [0.1, 0.15) is 0 Å². The molecule has 0 aliphatic heterocycles. The van der Waals surface area contributed by atoms with Crippen molar-refractivity contribution in [1.82, 2.24) is 15.1 Å². The predicted octanol–water partition coefficient (Wildman–Crippen LogP) is 4.87. The number of carbonyl (C=O) groups is 1. The highest BCUT2D eigenvalue weighted by Crippen LogP contribution is 2.33. The summed E-state index contributed by atoms with van der Waals surface area (Å²) >= 11 is 8.85. The van der Waals surface area contributed by atoms with Crippen LogP contribution in [-0.2, 0) is 11.3 Å². The minimum Gasteiger partial charge on any atom is -0.454 e. The van der Waals surface area contributed by atoms with Crippen LogP contribution in [0.5, 0.6) is 0 Å². The summed E-state index contributed by atoms with van der Waals surface area (Å²) in [4.78, 5) is 21.3. The van der Waals surface area contributed by atoms with E-state index in [1.807, 2.05) is 23.6 Å². The molecule has 0 amide bonds. The summed E-state index contributed by atoms with van der Waals surface area (Å²) in [6.45, 7) is -0.0659. The van der Waals surface area contributed by atoms with Crippen molar-refractivity contribution in [2.24, 2.45) is 0 Å². The molecule has 0 atom stereocenters. The van der Waals surface area contributed by atoms with Crippen LogP contribution in [0.4, 0.5) is 0 Å². The highest BCUT2D eigenvalue weighted by Gasteiger charge is 2.18. The largest absolute Gasteiger partial charge is 0.454 e. The van der Waals surface area contributed by atoms with Gasteiger partial charge in [-0.15, -0.1) is 22.7 Å². The normalized spacial score (nSPS) is 10.9. The number of nitrogens with zero attached hydrogens (tertiary/aromatic N) is 2. The summed E-state index contributed by atoms with van der Waals surface area (Å²) < 4.78 is 11.1. The van der Waals surface area contributed by atoms with Crippen LogP contribution in [0.15, 0.2) is 46.6 Å². The van der Waals surface area contributed by atoms with Crippen LogP contribution in [-0.4, -0.2) is 21.1 Å². The Balaban J connectivity index is 1.46. The maximum absolute atomic E-state index is 12.4. The molecule has 0 aliphatic carbocycles. The highest BCUT2D eigenvalue weighted by atomic mass is 35.5. The van der Waals surface area contributed by atoms with E-state index in [0.717, 1.165) is 15.3 Å². The number of hydrogen-bond donors (Lipinski definition) is 1. The van der Waals surface area contributed by atoms with Gasteiger partial charge in [-0.05, 0) is 23.6 Å². The Morgan fingerprint density at radius 2 is 2.20 bits per heavy atom. The van der Waals surface area contributed by atoms with E-state index >= 15 is 0 Å². The molecule has 0 aromatic carbocycles. The molecule has 4 aromatic heterocycles. The van der Waals surface area contributed by atoms with Crippen LogP contribution >= 0.6 is 34.3 Å². The first-order chi connectivity index (χ1) is 12.2. The molecular weight excluding hydrogens is 382 g/mol. The quantitative estimate of drug-likeness (QED) is 0.491. The van der Waals surface area contributed by atoms with Gasteiger partial charge < -0.3 is 14.2 Å². The van der Waals surface area contributed by atoms with Gasteiger partial charge in [0.15, 0.2) is 6.61 Å². The zero-order chi connectivity index (χ0) is 17.2. The summed E-state index contributed by atoms with van der Waals surface area (Å²) in [5.41, 5.74) is 1.18. The third-order valence-corrected chi connectivity index (χ3v) is 5.46. The molecule has 1 N–H and O–H groups in total. The number of ether oxygens (including phenoxy) is 1. The van der Waals surface area contributed by atoms with Crippen molar-refractivity contribution in [2.75, 3.05) is 0 Å². The maximum atomic E-state index is 12.4. The third-order valence-electron chi connectivity index (χ3n) is 3.34. The average molecular weight is 392 g/mol. The lowest BCUT2D eigenvalue weighted by Crippen LogP contribution is -2.06. The van der Waals surface area contributed by atoms with Crippen LogP contribution in [0.2, 0.25) is 4.34 Å². The van der Waals surface area contributed by atoms with Gasteiger partial charge in [-0.3, -0.25) is 0 Å². The zero-order valence-electron chi connectivity index (χ0n) is 12.6. The van der Waals surface area contributed by atoms with Gasteiger partial charge >= 0.3 is 5.97 Å². The van der Waals surface area contributed by atoms with Gasteiger partial charge in [0.25, 0.3) is 5.89 Å². The van der Waals surface area contributed by atoms with E-state index in [9.17, 15) is 4.79 Å². The first-order valence-corrected chi connectivity index (χ1v) is 9.24. The molecule has 4 rings (SSSR count). The molecule has 0 unspecified atom stereocenters. The van der Waals surface area contributed by atoms with E-state index in [2.05, 4.69) is 15.1 Å². The van der Waals surface area contributed by atoms with Crippen molar-refractivity contribution >= 4 is 40.2 Å². The fourth-order valence-electron chi connectivity index (χ4n) is 2.22. The molecule has 9 heteroatoms. The van der Waals surface area contributed by atoms with E-state index in [0.29, 0.717) is 21.6 Å². The van der Waals surface area contributed by atoms with Gasteiger partial charge in [0.2, 0.25) is 5.82 Å². The molecule has 0 aliphatic rings. The number of carbonyl (C=O) groups excluding carboxylic acids is 1. The van der Waals surface area contributed by atoms with Crippen molar-refractivity contribution in [3.63, 3.8) is 0 Å². The summed E-state index contributed by atoms with van der Waals surface area (Å²) in [5, 5.41) is 5.75. The number of rotatable bonds is 5. The Bertz CT molecular complexity index is 1000. The van der Waals surface area contributed by atoms with E-state index in [1.54, 1.807) is 18.5 Å². The Hall–Kier alpha value is -2.42. The van der Waals surface area contributed by atoms with Crippen molar-refractivity contribution in [1.29, 1.82) is 0 Å². The smallest absolute Gasteiger partial charge is 0.340 e. The topological polar surface area (TPSA) is 81.0 Å². The van der Waals surface area contributed by atoms with Gasteiger partial charge in [-0.25, -0.2) is 4.79 Å². The summed E-state index contributed by atoms with van der Waals surface area (Å²) in [5.74, 6) is 0.257. The number of halogens is 1. The van der Waals surface area contributed by atoms with Crippen molar-refractivity contribution in [2.45, 2.75) is 6.61 Å². The Morgan fingerprint density at radius 1 is 1.28 bits per heavy atom. The Kier molecular flexibility index (Phi) is 4.39. The number of nitrogens with one attached hydrogen (secondary N) is 1. The number of aromatic nitrogens is 3.